The highest BCUT2D eigenvalue weighted by molar-refractivity contribution is 7.92. The van der Waals surface area contributed by atoms with E-state index in [2.05, 4.69) is 19.6 Å². The van der Waals surface area contributed by atoms with Crippen LogP contribution in [0, 0.1) is 17.6 Å². The maximum absolute atomic E-state index is 15.0. The molecule has 3 aromatic rings. The Labute approximate surface area is 203 Å². The Morgan fingerprint density at radius 3 is 2.60 bits per heavy atom. The number of rotatable bonds is 7. The molecule has 1 heterocycles. The summed E-state index contributed by atoms with van der Waals surface area (Å²) in [6, 6.07) is 6.76. The van der Waals surface area contributed by atoms with Gasteiger partial charge in [-0.25, -0.2) is 23.0 Å². The van der Waals surface area contributed by atoms with Crippen LogP contribution in [0.4, 0.5) is 26.0 Å². The second-order valence-electron chi connectivity index (χ2n) is 8.80. The molecule has 0 radical (unpaired) electrons. The number of aromatic nitrogens is 2. The first-order chi connectivity index (χ1) is 16.7. The van der Waals surface area contributed by atoms with Crippen LogP contribution in [0.1, 0.15) is 25.7 Å². The van der Waals surface area contributed by atoms with Gasteiger partial charge < -0.3 is 14.8 Å². The molecule has 0 atom stereocenters. The molecule has 1 fully saturated rings. The summed E-state index contributed by atoms with van der Waals surface area (Å²) in [5.74, 6) is -0.295. The Bertz CT molecular complexity index is 1360. The third kappa shape index (κ3) is 6.52. The molecular weight excluding hydrogens is 474 g/mol. The zero-order valence-electron chi connectivity index (χ0n) is 19.8. The minimum absolute atomic E-state index is 0.130. The molecule has 186 valence electrons. The molecule has 1 N–H and O–H groups in total. The zero-order chi connectivity index (χ0) is 25.0. The molecule has 1 aliphatic rings. The van der Waals surface area contributed by atoms with Crippen LogP contribution in [0.25, 0.3) is 10.9 Å². The molecule has 2 aromatic carbocycles. The summed E-state index contributed by atoms with van der Waals surface area (Å²) in [4.78, 5) is 8.30. The van der Waals surface area contributed by atoms with Crippen LogP contribution in [0.5, 0.6) is 5.75 Å². The van der Waals surface area contributed by atoms with Gasteiger partial charge in [-0.15, -0.1) is 0 Å². The molecule has 0 unspecified atom stereocenters. The van der Waals surface area contributed by atoms with Crippen LogP contribution in [-0.4, -0.2) is 39.9 Å². The molecule has 0 bridgehead atoms. The highest BCUT2D eigenvalue weighted by Crippen LogP contribution is 2.34. The van der Waals surface area contributed by atoms with Crippen molar-refractivity contribution in [2.75, 3.05) is 24.9 Å². The predicted octanol–water partition coefficient (Wildman–Crippen LogP) is 6.11. The van der Waals surface area contributed by atoms with E-state index in [1.165, 1.54) is 43.1 Å². The van der Waals surface area contributed by atoms with E-state index in [1.807, 2.05) is 6.08 Å². The third-order valence-electron chi connectivity index (χ3n) is 5.79. The van der Waals surface area contributed by atoms with Gasteiger partial charge in [0, 0.05) is 41.5 Å². The van der Waals surface area contributed by atoms with Crippen LogP contribution in [-0.2, 0) is 14.5 Å². The number of benzene rings is 2. The number of ether oxygens (including phenoxy) is 2. The Morgan fingerprint density at radius 2 is 1.89 bits per heavy atom. The number of halogens is 2. The summed E-state index contributed by atoms with van der Waals surface area (Å²) in [6.07, 6.45) is 12.1. The SMILES string of the molecule is COC1CCC(/C=C/Oc2cc(F)ccc2Nc2ncnc3cc(N=S(C)(C)=O)cc(F)c23)CC1. The first-order valence-electron chi connectivity index (χ1n) is 11.3. The van der Waals surface area contributed by atoms with Crippen LogP contribution < -0.4 is 10.1 Å². The number of hydrogen-bond donors (Lipinski definition) is 1. The fourth-order valence-electron chi connectivity index (χ4n) is 4.09. The van der Waals surface area contributed by atoms with Crippen LogP contribution >= 0.6 is 0 Å². The summed E-state index contributed by atoms with van der Waals surface area (Å²) < 4.78 is 56.2. The molecule has 0 amide bonds. The lowest BCUT2D eigenvalue weighted by atomic mass is 9.87. The summed E-state index contributed by atoms with van der Waals surface area (Å²) in [6.45, 7) is 0. The average molecular weight is 503 g/mol. The second-order valence-corrected chi connectivity index (χ2v) is 11.3. The van der Waals surface area contributed by atoms with Gasteiger partial charge >= 0.3 is 0 Å². The second kappa shape index (κ2) is 10.7. The Hall–Kier alpha value is -3.11. The Balaban J connectivity index is 1.58. The van der Waals surface area contributed by atoms with Gasteiger partial charge in [0.25, 0.3) is 0 Å². The van der Waals surface area contributed by atoms with Crippen molar-refractivity contribution >= 4 is 37.8 Å². The first-order valence-corrected chi connectivity index (χ1v) is 13.6. The number of nitrogens with one attached hydrogen (secondary N) is 1. The van der Waals surface area contributed by atoms with Crippen molar-refractivity contribution in [3.05, 3.63) is 60.6 Å². The summed E-state index contributed by atoms with van der Waals surface area (Å²) in [5.41, 5.74) is 0.934. The van der Waals surface area contributed by atoms with E-state index in [0.717, 1.165) is 25.7 Å². The standard InChI is InChI=1S/C25H28F2N4O3S/c1-33-19-7-4-16(5-8-19)10-11-34-23-12-17(26)6-9-21(23)30-25-24-20(27)13-18(31-35(2,3)32)14-22(24)28-15-29-25/h6,9-16,19H,4-5,7-8H2,1-3H3,(H,28,29,30)/b11-10+. The monoisotopic (exact) mass is 502 g/mol. The van der Waals surface area contributed by atoms with Gasteiger partial charge in [-0.1, -0.05) is 0 Å². The lowest BCUT2D eigenvalue weighted by Crippen LogP contribution is -2.19. The maximum Gasteiger partial charge on any atom is 0.152 e. The van der Waals surface area contributed by atoms with E-state index in [-0.39, 0.29) is 22.6 Å². The average Bonchev–Trinajstić information content (AvgIpc) is 2.80. The molecule has 0 saturated heterocycles. The van der Waals surface area contributed by atoms with E-state index in [9.17, 15) is 8.60 Å². The fraction of sp³-hybridized carbons (Fsp3) is 0.360. The topological polar surface area (TPSA) is 85.7 Å². The third-order valence-corrected chi connectivity index (χ3v) is 6.45. The number of allylic oxidation sites excluding steroid dienone is 1. The van der Waals surface area contributed by atoms with E-state index >= 15 is 4.39 Å². The van der Waals surface area contributed by atoms with Gasteiger partial charge in [0.15, 0.2) is 5.75 Å². The highest BCUT2D eigenvalue weighted by Gasteiger charge is 2.19. The number of fused-ring (bicyclic) bond motifs is 1. The quantitative estimate of drug-likeness (QED) is 0.393. The summed E-state index contributed by atoms with van der Waals surface area (Å²) >= 11 is 0. The predicted molar refractivity (Wildman–Crippen MR) is 134 cm³/mol. The molecule has 1 aliphatic carbocycles. The number of anilines is 2. The molecule has 35 heavy (non-hydrogen) atoms. The van der Waals surface area contributed by atoms with Crippen molar-refractivity contribution in [2.45, 2.75) is 31.8 Å². The molecule has 10 heteroatoms. The van der Waals surface area contributed by atoms with Gasteiger partial charge in [0.05, 0.1) is 34.6 Å². The van der Waals surface area contributed by atoms with Gasteiger partial charge in [-0.3, -0.25) is 0 Å². The molecule has 0 aliphatic heterocycles. The van der Waals surface area contributed by atoms with Gasteiger partial charge in [-0.2, -0.15) is 4.36 Å². The zero-order valence-corrected chi connectivity index (χ0v) is 20.6. The van der Waals surface area contributed by atoms with E-state index in [0.29, 0.717) is 23.2 Å². The van der Waals surface area contributed by atoms with Crippen LogP contribution in [0.3, 0.4) is 0 Å². The maximum atomic E-state index is 15.0. The van der Waals surface area contributed by atoms with Crippen molar-refractivity contribution < 1.29 is 22.5 Å². The van der Waals surface area contributed by atoms with E-state index in [1.54, 1.807) is 19.4 Å². The molecular formula is C25H28F2N4O3S. The van der Waals surface area contributed by atoms with Gasteiger partial charge in [-0.05, 0) is 55.9 Å². The molecule has 4 rings (SSSR count). The molecule has 7 nitrogen and oxygen atoms in total. The Kier molecular flexibility index (Phi) is 7.61. The summed E-state index contributed by atoms with van der Waals surface area (Å²) in [5, 5.41) is 3.16. The highest BCUT2D eigenvalue weighted by atomic mass is 32.2. The molecule has 1 aromatic heterocycles. The van der Waals surface area contributed by atoms with Crippen molar-refractivity contribution in [2.24, 2.45) is 10.3 Å². The van der Waals surface area contributed by atoms with Gasteiger partial charge in [0.2, 0.25) is 0 Å². The molecule has 0 spiro atoms. The lowest BCUT2D eigenvalue weighted by Gasteiger charge is -2.25. The smallest absolute Gasteiger partial charge is 0.152 e. The number of hydrogen-bond acceptors (Lipinski definition) is 7. The van der Waals surface area contributed by atoms with Crippen molar-refractivity contribution in [1.29, 1.82) is 0 Å². The number of methoxy groups -OCH3 is 1. The minimum atomic E-state index is -2.47. The minimum Gasteiger partial charge on any atom is -0.463 e. The van der Waals surface area contributed by atoms with Crippen LogP contribution in [0.15, 0.2) is 53.4 Å². The van der Waals surface area contributed by atoms with Crippen LogP contribution in [0.2, 0.25) is 0 Å². The van der Waals surface area contributed by atoms with E-state index in [4.69, 9.17) is 9.47 Å². The lowest BCUT2D eigenvalue weighted by molar-refractivity contribution is 0.0625. The van der Waals surface area contributed by atoms with Crippen molar-refractivity contribution in [3.8, 4) is 5.75 Å². The number of nitrogens with zero attached hydrogens (tertiary/aromatic N) is 3. The normalized spacial score (nSPS) is 18.7. The van der Waals surface area contributed by atoms with Gasteiger partial charge in [0.1, 0.15) is 23.8 Å². The van der Waals surface area contributed by atoms with E-state index < -0.39 is 21.4 Å². The van der Waals surface area contributed by atoms with Crippen molar-refractivity contribution in [3.63, 3.8) is 0 Å². The molecule has 1 saturated carbocycles. The summed E-state index contributed by atoms with van der Waals surface area (Å²) in [7, 11) is -0.734. The first kappa shape index (κ1) is 25.0. The Morgan fingerprint density at radius 1 is 1.11 bits per heavy atom. The van der Waals surface area contributed by atoms with Crippen molar-refractivity contribution in [1.82, 2.24) is 9.97 Å². The fourth-order valence-corrected chi connectivity index (χ4v) is 4.71. The largest absolute Gasteiger partial charge is 0.463 e.